The summed E-state index contributed by atoms with van der Waals surface area (Å²) in [7, 11) is 0. The largest absolute Gasteiger partial charge is 0.424 e. The van der Waals surface area contributed by atoms with Crippen molar-refractivity contribution in [1.82, 2.24) is 25.0 Å². The van der Waals surface area contributed by atoms with Crippen molar-refractivity contribution in [2.75, 3.05) is 23.3 Å². The lowest BCUT2D eigenvalue weighted by atomic mass is 9.92. The average molecular weight is 535 g/mol. The number of ether oxygens (including phenoxy) is 1. The Morgan fingerprint density at radius 2 is 1.78 bits per heavy atom. The van der Waals surface area contributed by atoms with Crippen LogP contribution in [0.1, 0.15) is 24.3 Å². The first-order valence-electron chi connectivity index (χ1n) is 11.2. The molecule has 2 aromatic heterocycles. The first-order valence-corrected chi connectivity index (χ1v) is 11.2. The van der Waals surface area contributed by atoms with Gasteiger partial charge in [0.2, 0.25) is 11.8 Å². The van der Waals surface area contributed by atoms with Gasteiger partial charge in [-0.3, -0.25) is 0 Å². The fourth-order valence-electron chi connectivity index (χ4n) is 4.81. The number of hydrogen-bond acceptors (Lipinski definition) is 8. The van der Waals surface area contributed by atoms with Crippen LogP contribution < -0.4 is 15.0 Å². The van der Waals surface area contributed by atoms with Crippen molar-refractivity contribution in [3.05, 3.63) is 35.5 Å². The Kier molecular flexibility index (Phi) is 6.14. The van der Waals surface area contributed by atoms with Crippen molar-refractivity contribution >= 4 is 12.0 Å². The quantitative estimate of drug-likeness (QED) is 0.450. The maximum Gasteiger partial charge on any atom is 0.419 e. The molecular weight excluding hydrogens is 515 g/mol. The van der Waals surface area contributed by atoms with E-state index >= 15 is 0 Å². The van der Waals surface area contributed by atoms with Gasteiger partial charge in [-0.05, 0) is 42.9 Å². The molecule has 0 amide bonds. The molecule has 0 radical (unpaired) electrons. The standard InChI is InChI=1S/C21H20F7N7O2/c1-10-31-32-19(36-10)34-7-11-2-3-12(8-34)16(11)29-17-30-18(35(33-17)9-20(23,24)25)37-13-4-5-15(22)14(6-13)21(26,27)28/h4-6,11-12,16H,2-3,7-9H2,1H3,(H,29,33)/t11-,12+,16+. The fourth-order valence-corrected chi connectivity index (χ4v) is 4.81. The zero-order valence-electron chi connectivity index (χ0n) is 19.1. The smallest absolute Gasteiger partial charge is 0.419 e. The van der Waals surface area contributed by atoms with Crippen molar-refractivity contribution in [3.8, 4) is 11.8 Å². The van der Waals surface area contributed by atoms with E-state index < -0.39 is 42.0 Å². The van der Waals surface area contributed by atoms with Gasteiger partial charge in [-0.1, -0.05) is 5.10 Å². The summed E-state index contributed by atoms with van der Waals surface area (Å²) >= 11 is 0. The fraction of sp³-hybridized carbons (Fsp3) is 0.524. The first kappa shape index (κ1) is 25.1. The minimum Gasteiger partial charge on any atom is -0.424 e. The van der Waals surface area contributed by atoms with Crippen molar-refractivity contribution in [2.24, 2.45) is 11.8 Å². The summed E-state index contributed by atoms with van der Waals surface area (Å²) in [4.78, 5) is 5.92. The summed E-state index contributed by atoms with van der Waals surface area (Å²) in [5.74, 6) is -1.66. The second kappa shape index (κ2) is 9.06. The molecular formula is C21H20F7N7O2. The second-order valence-electron chi connectivity index (χ2n) is 9.01. The average Bonchev–Trinajstić information content (AvgIpc) is 3.43. The molecule has 1 aliphatic heterocycles. The molecule has 37 heavy (non-hydrogen) atoms. The molecule has 1 saturated heterocycles. The van der Waals surface area contributed by atoms with Crippen LogP contribution in [0.4, 0.5) is 42.7 Å². The van der Waals surface area contributed by atoms with E-state index in [1.807, 2.05) is 4.90 Å². The third-order valence-corrected chi connectivity index (χ3v) is 6.33. The van der Waals surface area contributed by atoms with Gasteiger partial charge in [-0.15, -0.1) is 10.2 Å². The van der Waals surface area contributed by atoms with Crippen molar-refractivity contribution in [3.63, 3.8) is 0 Å². The molecule has 3 atom stereocenters. The number of aryl methyl sites for hydroxylation is 1. The lowest BCUT2D eigenvalue weighted by Crippen LogP contribution is -2.48. The number of halogens is 7. The molecule has 1 aromatic carbocycles. The highest BCUT2D eigenvalue weighted by molar-refractivity contribution is 5.36. The Morgan fingerprint density at radius 3 is 2.38 bits per heavy atom. The Morgan fingerprint density at radius 1 is 1.08 bits per heavy atom. The molecule has 0 spiro atoms. The molecule has 1 saturated carbocycles. The van der Waals surface area contributed by atoms with Gasteiger partial charge in [0, 0.05) is 26.1 Å². The molecule has 2 aliphatic rings. The number of fused-ring (bicyclic) bond motifs is 2. The van der Waals surface area contributed by atoms with E-state index in [1.165, 1.54) is 0 Å². The van der Waals surface area contributed by atoms with Crippen LogP contribution >= 0.6 is 0 Å². The number of hydrogen-bond donors (Lipinski definition) is 1. The summed E-state index contributed by atoms with van der Waals surface area (Å²) in [5.41, 5.74) is -1.62. The molecule has 1 aliphatic carbocycles. The zero-order valence-corrected chi connectivity index (χ0v) is 19.1. The number of piperidine rings is 1. The van der Waals surface area contributed by atoms with E-state index in [2.05, 4.69) is 25.6 Å². The number of alkyl halides is 6. The summed E-state index contributed by atoms with van der Waals surface area (Å²) in [5, 5.41) is 14.8. The van der Waals surface area contributed by atoms with Crippen LogP contribution in [0.2, 0.25) is 0 Å². The highest BCUT2D eigenvalue weighted by Gasteiger charge is 2.44. The second-order valence-corrected chi connectivity index (χ2v) is 9.01. The van der Waals surface area contributed by atoms with Gasteiger partial charge < -0.3 is 19.4 Å². The molecule has 0 unspecified atom stereocenters. The van der Waals surface area contributed by atoms with Gasteiger partial charge in [0.05, 0.1) is 5.56 Å². The summed E-state index contributed by atoms with van der Waals surface area (Å²) < 4.78 is 103. The number of benzene rings is 1. The molecule has 3 heterocycles. The molecule has 5 rings (SSSR count). The molecule has 2 bridgehead atoms. The third kappa shape index (κ3) is 5.41. The zero-order chi connectivity index (χ0) is 26.5. The predicted octanol–water partition coefficient (Wildman–Crippen LogP) is 4.81. The van der Waals surface area contributed by atoms with Gasteiger partial charge in [0.25, 0.3) is 0 Å². The lowest BCUT2D eigenvalue weighted by Gasteiger charge is -2.37. The van der Waals surface area contributed by atoms with Crippen LogP contribution in [0, 0.1) is 24.6 Å². The number of nitrogens with one attached hydrogen (secondary N) is 1. The van der Waals surface area contributed by atoms with Crippen LogP contribution in [-0.2, 0) is 12.7 Å². The van der Waals surface area contributed by atoms with Crippen molar-refractivity contribution in [2.45, 2.75) is 44.7 Å². The topological polar surface area (TPSA) is 94.1 Å². The minimum absolute atomic E-state index is 0.0799. The van der Waals surface area contributed by atoms with E-state index in [4.69, 9.17) is 9.15 Å². The normalized spacial score (nSPS) is 21.9. The third-order valence-electron chi connectivity index (χ3n) is 6.33. The van der Waals surface area contributed by atoms with Gasteiger partial charge in [-0.25, -0.2) is 9.07 Å². The van der Waals surface area contributed by atoms with Gasteiger partial charge in [0.15, 0.2) is 0 Å². The number of rotatable bonds is 6. The summed E-state index contributed by atoms with van der Waals surface area (Å²) in [6, 6.07) is 1.26. The molecule has 16 heteroatoms. The molecule has 200 valence electrons. The summed E-state index contributed by atoms with van der Waals surface area (Å²) in [6.45, 7) is 1.22. The maximum absolute atomic E-state index is 13.6. The van der Waals surface area contributed by atoms with Crippen LogP contribution in [0.5, 0.6) is 11.8 Å². The maximum atomic E-state index is 13.6. The Hall–Kier alpha value is -3.59. The minimum atomic E-state index is -5.02. The molecule has 2 fully saturated rings. The van der Waals surface area contributed by atoms with E-state index in [-0.39, 0.29) is 23.8 Å². The van der Waals surface area contributed by atoms with E-state index in [0.717, 1.165) is 18.9 Å². The first-order chi connectivity index (χ1) is 17.4. The number of aromatic nitrogens is 5. The van der Waals surface area contributed by atoms with E-state index in [1.54, 1.807) is 6.92 Å². The molecule has 9 nitrogen and oxygen atoms in total. The Bertz CT molecular complexity index is 1260. The monoisotopic (exact) mass is 535 g/mol. The SMILES string of the molecule is Cc1nnc(N2C[C@H]3CC[C@@H](C2)[C@H]3Nc2nc(Oc3ccc(F)c(C(F)(F)F)c3)n(CC(F)(F)F)n2)o1. The van der Waals surface area contributed by atoms with Crippen LogP contribution in [0.15, 0.2) is 22.6 Å². The summed E-state index contributed by atoms with van der Waals surface area (Å²) in [6.07, 6.45) is -8.05. The predicted molar refractivity (Wildman–Crippen MR) is 112 cm³/mol. The van der Waals surface area contributed by atoms with Gasteiger partial charge in [-0.2, -0.15) is 31.3 Å². The number of anilines is 2. The van der Waals surface area contributed by atoms with E-state index in [9.17, 15) is 30.7 Å². The highest BCUT2D eigenvalue weighted by atomic mass is 19.4. The van der Waals surface area contributed by atoms with Crippen molar-refractivity contribution < 1.29 is 39.9 Å². The van der Waals surface area contributed by atoms with Gasteiger partial charge >= 0.3 is 24.4 Å². The van der Waals surface area contributed by atoms with Crippen molar-refractivity contribution in [1.29, 1.82) is 0 Å². The van der Waals surface area contributed by atoms with Gasteiger partial charge in [0.1, 0.15) is 18.1 Å². The van der Waals surface area contributed by atoms with E-state index in [0.29, 0.717) is 41.8 Å². The number of nitrogens with zero attached hydrogens (tertiary/aromatic N) is 6. The van der Waals surface area contributed by atoms with Crippen LogP contribution in [-0.4, -0.2) is 50.3 Å². The Labute approximate surface area is 204 Å². The van der Waals surface area contributed by atoms with Crippen LogP contribution in [0.3, 0.4) is 0 Å². The Balaban J connectivity index is 1.36. The molecule has 3 aromatic rings. The molecule has 1 N–H and O–H groups in total. The van der Waals surface area contributed by atoms with Crippen LogP contribution in [0.25, 0.3) is 0 Å². The highest BCUT2D eigenvalue weighted by Crippen LogP contribution is 2.40. The lowest BCUT2D eigenvalue weighted by molar-refractivity contribution is -0.143.